The summed E-state index contributed by atoms with van der Waals surface area (Å²) in [5.41, 5.74) is 4.00. The molecule has 2 aromatic rings. The summed E-state index contributed by atoms with van der Waals surface area (Å²) in [4.78, 5) is 2.53. The van der Waals surface area contributed by atoms with Gasteiger partial charge in [0.25, 0.3) is 0 Å². The number of hydrogen-bond acceptors (Lipinski definition) is 3. The van der Waals surface area contributed by atoms with E-state index in [0.717, 1.165) is 38.2 Å². The number of nitrogens with zero attached hydrogens (tertiary/aromatic N) is 1. The molecule has 0 aromatic heterocycles. The quantitative estimate of drug-likeness (QED) is 0.894. The highest BCUT2D eigenvalue weighted by atomic mass is 16.5. The fraction of sp³-hybridized carbons (Fsp3) is 0.478. The van der Waals surface area contributed by atoms with Gasteiger partial charge >= 0.3 is 0 Å². The smallest absolute Gasteiger partial charge is 0.124 e. The lowest BCUT2D eigenvalue weighted by molar-refractivity contribution is 0.00873. The third kappa shape index (κ3) is 3.79. The number of rotatable bonds is 3. The molecule has 4 rings (SSSR count). The summed E-state index contributed by atoms with van der Waals surface area (Å²) >= 11 is 0. The second kappa shape index (κ2) is 7.42. The zero-order valence-corrected chi connectivity index (χ0v) is 16.0. The van der Waals surface area contributed by atoms with Crippen LogP contribution in [0.2, 0.25) is 0 Å². The van der Waals surface area contributed by atoms with E-state index in [4.69, 9.17) is 4.74 Å². The lowest BCUT2D eigenvalue weighted by Crippen LogP contribution is -2.50. The molecule has 3 nitrogen and oxygen atoms in total. The molecule has 2 aromatic carbocycles. The Kier molecular flexibility index (Phi) is 5.01. The molecule has 1 heterocycles. The molecule has 0 unspecified atom stereocenters. The number of nitrogens with one attached hydrogen (secondary N) is 1. The first kappa shape index (κ1) is 17.6. The van der Waals surface area contributed by atoms with Crippen LogP contribution in [-0.2, 0) is 13.1 Å². The summed E-state index contributed by atoms with van der Waals surface area (Å²) in [6, 6.07) is 18.0. The van der Waals surface area contributed by atoms with Crippen LogP contribution < -0.4 is 10.1 Å². The maximum absolute atomic E-state index is 6.57. The van der Waals surface area contributed by atoms with Gasteiger partial charge in [-0.15, -0.1) is 0 Å². The maximum atomic E-state index is 6.57. The zero-order valence-electron chi connectivity index (χ0n) is 16.0. The fourth-order valence-corrected chi connectivity index (χ4v) is 4.52. The van der Waals surface area contributed by atoms with Gasteiger partial charge in [-0.3, -0.25) is 4.90 Å². The molecule has 1 fully saturated rings. The number of aryl methyl sites for hydroxylation is 1. The topological polar surface area (TPSA) is 24.5 Å². The molecule has 0 amide bonds. The third-order valence-corrected chi connectivity index (χ3v) is 6.07. The van der Waals surface area contributed by atoms with E-state index in [1.54, 1.807) is 0 Å². The first-order chi connectivity index (χ1) is 12.6. The normalized spacial score (nSPS) is 25.6. The van der Waals surface area contributed by atoms with E-state index in [1.807, 2.05) is 0 Å². The van der Waals surface area contributed by atoms with E-state index in [9.17, 15) is 0 Å². The Morgan fingerprint density at radius 3 is 2.73 bits per heavy atom. The Hall–Kier alpha value is -1.84. The SMILES string of the molecule is Cc1cccc(CN(C)C2CCC3(CC2)CNCc2ccccc2O3)c1. The molecule has 2 aliphatic rings. The molecule has 138 valence electrons. The summed E-state index contributed by atoms with van der Waals surface area (Å²) in [6.07, 6.45) is 4.65. The highest BCUT2D eigenvalue weighted by Crippen LogP contribution is 2.37. The van der Waals surface area contributed by atoms with Crippen LogP contribution in [-0.4, -0.2) is 30.1 Å². The summed E-state index contributed by atoms with van der Waals surface area (Å²) in [6.45, 7) is 5.06. The minimum absolute atomic E-state index is 0.0344. The number of ether oxygens (including phenoxy) is 1. The molecular weight excluding hydrogens is 320 g/mol. The van der Waals surface area contributed by atoms with E-state index >= 15 is 0 Å². The molecule has 1 aliphatic heterocycles. The van der Waals surface area contributed by atoms with Crippen molar-refractivity contribution in [1.82, 2.24) is 10.2 Å². The van der Waals surface area contributed by atoms with Gasteiger partial charge in [0.1, 0.15) is 11.4 Å². The van der Waals surface area contributed by atoms with Crippen LogP contribution in [0, 0.1) is 6.92 Å². The van der Waals surface area contributed by atoms with Crippen LogP contribution in [0.1, 0.15) is 42.4 Å². The van der Waals surface area contributed by atoms with Crippen LogP contribution in [0.15, 0.2) is 48.5 Å². The van der Waals surface area contributed by atoms with Crippen molar-refractivity contribution in [3.05, 3.63) is 65.2 Å². The van der Waals surface area contributed by atoms with E-state index < -0.39 is 0 Å². The molecule has 0 atom stereocenters. The van der Waals surface area contributed by atoms with Crippen molar-refractivity contribution in [2.75, 3.05) is 13.6 Å². The maximum Gasteiger partial charge on any atom is 0.124 e. The van der Waals surface area contributed by atoms with E-state index in [2.05, 4.69) is 72.7 Å². The number of hydrogen-bond donors (Lipinski definition) is 1. The molecule has 1 N–H and O–H groups in total. The van der Waals surface area contributed by atoms with E-state index in [-0.39, 0.29) is 5.60 Å². The number of benzene rings is 2. The Bertz CT molecular complexity index is 749. The largest absolute Gasteiger partial charge is 0.486 e. The molecule has 1 aliphatic carbocycles. The Balaban J connectivity index is 1.39. The number of para-hydroxylation sites is 1. The fourth-order valence-electron chi connectivity index (χ4n) is 4.52. The van der Waals surface area contributed by atoms with Crippen LogP contribution >= 0.6 is 0 Å². The van der Waals surface area contributed by atoms with Crippen molar-refractivity contribution in [2.24, 2.45) is 0 Å². The molecule has 3 heteroatoms. The van der Waals surface area contributed by atoms with Gasteiger partial charge in [0.2, 0.25) is 0 Å². The van der Waals surface area contributed by atoms with Crippen molar-refractivity contribution in [1.29, 1.82) is 0 Å². The second-order valence-corrected chi connectivity index (χ2v) is 8.13. The molecule has 1 saturated carbocycles. The van der Waals surface area contributed by atoms with Crippen LogP contribution in [0.4, 0.5) is 0 Å². The predicted octanol–water partition coefficient (Wildman–Crippen LogP) is 4.29. The minimum atomic E-state index is -0.0344. The van der Waals surface area contributed by atoms with Crippen LogP contribution in [0.25, 0.3) is 0 Å². The molecule has 0 saturated heterocycles. The average Bonchev–Trinajstić information content (AvgIpc) is 2.81. The van der Waals surface area contributed by atoms with Crippen molar-refractivity contribution in [2.45, 2.75) is 57.3 Å². The van der Waals surface area contributed by atoms with Gasteiger partial charge in [-0.1, -0.05) is 48.0 Å². The summed E-state index contributed by atoms with van der Waals surface area (Å²) in [5, 5.41) is 3.62. The first-order valence-corrected chi connectivity index (χ1v) is 9.87. The van der Waals surface area contributed by atoms with Crippen molar-refractivity contribution < 1.29 is 4.74 Å². The van der Waals surface area contributed by atoms with Gasteiger partial charge in [0.05, 0.1) is 0 Å². The second-order valence-electron chi connectivity index (χ2n) is 8.13. The molecule has 0 bridgehead atoms. The standard InChI is InChI=1S/C23H30N2O/c1-18-6-5-7-19(14-18)16-25(2)21-10-12-23(13-11-21)17-24-15-20-8-3-4-9-22(20)26-23/h3-9,14,21,24H,10-13,15-17H2,1-2H3. The van der Waals surface area contributed by atoms with E-state index in [0.29, 0.717) is 6.04 Å². The lowest BCUT2D eigenvalue weighted by atomic mass is 9.81. The molecule has 0 radical (unpaired) electrons. The van der Waals surface area contributed by atoms with E-state index in [1.165, 1.54) is 29.5 Å². The Labute approximate surface area is 157 Å². The summed E-state index contributed by atoms with van der Waals surface area (Å²) in [5.74, 6) is 1.07. The van der Waals surface area contributed by atoms with Crippen LogP contribution in [0.3, 0.4) is 0 Å². The Morgan fingerprint density at radius 1 is 1.12 bits per heavy atom. The van der Waals surface area contributed by atoms with Gasteiger partial charge in [0, 0.05) is 31.2 Å². The molecule has 26 heavy (non-hydrogen) atoms. The number of fused-ring (bicyclic) bond motifs is 1. The van der Waals surface area contributed by atoms with Crippen LogP contribution in [0.5, 0.6) is 5.75 Å². The van der Waals surface area contributed by atoms with Gasteiger partial charge in [-0.05, 0) is 51.3 Å². The lowest BCUT2D eigenvalue weighted by Gasteiger charge is -2.42. The third-order valence-electron chi connectivity index (χ3n) is 6.07. The van der Waals surface area contributed by atoms with Gasteiger partial charge in [-0.25, -0.2) is 0 Å². The van der Waals surface area contributed by atoms with Crippen molar-refractivity contribution in [3.8, 4) is 5.75 Å². The van der Waals surface area contributed by atoms with Gasteiger partial charge < -0.3 is 10.1 Å². The zero-order chi connectivity index (χ0) is 18.0. The summed E-state index contributed by atoms with van der Waals surface area (Å²) < 4.78 is 6.57. The van der Waals surface area contributed by atoms with Gasteiger partial charge in [0.15, 0.2) is 0 Å². The minimum Gasteiger partial charge on any atom is -0.486 e. The predicted molar refractivity (Wildman–Crippen MR) is 106 cm³/mol. The average molecular weight is 351 g/mol. The highest BCUT2D eigenvalue weighted by molar-refractivity contribution is 5.35. The Morgan fingerprint density at radius 2 is 1.92 bits per heavy atom. The summed E-state index contributed by atoms with van der Waals surface area (Å²) in [7, 11) is 2.27. The highest BCUT2D eigenvalue weighted by Gasteiger charge is 2.39. The van der Waals surface area contributed by atoms with Crippen molar-refractivity contribution >= 4 is 0 Å². The first-order valence-electron chi connectivity index (χ1n) is 9.87. The monoisotopic (exact) mass is 350 g/mol. The molecular formula is C23H30N2O. The van der Waals surface area contributed by atoms with Crippen molar-refractivity contribution in [3.63, 3.8) is 0 Å². The van der Waals surface area contributed by atoms with Gasteiger partial charge in [-0.2, -0.15) is 0 Å². The molecule has 1 spiro atoms.